The molecule has 86 valence electrons. The number of nitrogens with one attached hydrogen (secondary N) is 1. The largest absolute Gasteiger partial charge is 0.321 e. The molecular formula is C13H17FN2. The van der Waals surface area contributed by atoms with Gasteiger partial charge in [0, 0.05) is 24.0 Å². The predicted octanol–water partition coefficient (Wildman–Crippen LogP) is 2.62. The number of halogens is 1. The van der Waals surface area contributed by atoms with Gasteiger partial charge in [0.15, 0.2) is 0 Å². The summed E-state index contributed by atoms with van der Waals surface area (Å²) >= 11 is 0. The molecule has 0 bridgehead atoms. The van der Waals surface area contributed by atoms with E-state index in [1.807, 2.05) is 16.7 Å². The van der Waals surface area contributed by atoms with Crippen LogP contribution in [0.1, 0.15) is 19.4 Å². The molecule has 2 nitrogen and oxygen atoms in total. The maximum Gasteiger partial charge on any atom is 0.139 e. The van der Waals surface area contributed by atoms with Gasteiger partial charge in [-0.25, -0.2) is 4.39 Å². The topological polar surface area (TPSA) is 16.4 Å². The molecule has 0 aliphatic heterocycles. The van der Waals surface area contributed by atoms with Crippen LogP contribution in [0.25, 0.3) is 5.52 Å². The molecule has 0 aliphatic rings. The number of rotatable bonds is 4. The quantitative estimate of drug-likeness (QED) is 0.837. The van der Waals surface area contributed by atoms with Crippen molar-refractivity contribution >= 4 is 5.52 Å². The van der Waals surface area contributed by atoms with Crippen LogP contribution in [0.2, 0.25) is 0 Å². The summed E-state index contributed by atoms with van der Waals surface area (Å²) in [6.45, 7) is 5.24. The predicted molar refractivity (Wildman–Crippen MR) is 64.2 cm³/mol. The highest BCUT2D eigenvalue weighted by atomic mass is 19.1. The highest BCUT2D eigenvalue weighted by Crippen LogP contribution is 2.15. The zero-order valence-corrected chi connectivity index (χ0v) is 9.70. The fourth-order valence-electron chi connectivity index (χ4n) is 2.07. The van der Waals surface area contributed by atoms with Crippen LogP contribution in [0.4, 0.5) is 4.39 Å². The summed E-state index contributed by atoms with van der Waals surface area (Å²) in [7, 11) is 0. The van der Waals surface area contributed by atoms with Crippen LogP contribution in [0.15, 0.2) is 30.6 Å². The summed E-state index contributed by atoms with van der Waals surface area (Å²) in [5.41, 5.74) is 2.35. The first-order chi connectivity index (χ1) is 7.70. The van der Waals surface area contributed by atoms with Crippen molar-refractivity contribution in [1.29, 1.82) is 0 Å². The summed E-state index contributed by atoms with van der Waals surface area (Å²) < 4.78 is 14.8. The monoisotopic (exact) mass is 220 g/mol. The lowest BCUT2D eigenvalue weighted by Crippen LogP contribution is -2.27. The summed E-state index contributed by atoms with van der Waals surface area (Å²) in [5.74, 6) is -0.200. The number of likely N-dealkylation sites (N-methyl/N-ethyl adjacent to an activating group) is 1. The number of fused-ring (bicyclic) bond motifs is 1. The van der Waals surface area contributed by atoms with Crippen LogP contribution in [0, 0.1) is 5.82 Å². The first kappa shape index (κ1) is 11.1. The third-order valence-corrected chi connectivity index (χ3v) is 2.79. The van der Waals surface area contributed by atoms with Gasteiger partial charge in [0.05, 0.1) is 0 Å². The molecule has 16 heavy (non-hydrogen) atoms. The van der Waals surface area contributed by atoms with E-state index >= 15 is 0 Å². The maximum absolute atomic E-state index is 13.0. The summed E-state index contributed by atoms with van der Waals surface area (Å²) in [5, 5.41) is 3.38. The Labute approximate surface area is 95.1 Å². The minimum Gasteiger partial charge on any atom is -0.321 e. The number of pyridine rings is 1. The molecule has 0 saturated carbocycles. The van der Waals surface area contributed by atoms with Gasteiger partial charge in [0.25, 0.3) is 0 Å². The molecule has 0 saturated heterocycles. The lowest BCUT2D eigenvalue weighted by atomic mass is 10.1. The smallest absolute Gasteiger partial charge is 0.139 e. The molecule has 2 heterocycles. The average molecular weight is 220 g/mol. The fraction of sp³-hybridized carbons (Fsp3) is 0.385. The average Bonchev–Trinajstić information content (AvgIpc) is 2.61. The molecule has 0 aliphatic carbocycles. The molecule has 0 radical (unpaired) electrons. The Balaban J connectivity index is 2.25. The number of aromatic nitrogens is 1. The SMILES string of the molecule is CCNC(C)Cc1ccn2cc(F)ccc12. The van der Waals surface area contributed by atoms with Gasteiger partial charge < -0.3 is 9.72 Å². The molecule has 0 amide bonds. The minimum atomic E-state index is -0.200. The molecule has 1 atom stereocenters. The fourth-order valence-corrected chi connectivity index (χ4v) is 2.07. The third kappa shape index (κ3) is 2.25. The Bertz CT molecular complexity index is 476. The first-order valence-electron chi connectivity index (χ1n) is 5.69. The Hall–Kier alpha value is -1.35. The van der Waals surface area contributed by atoms with Crippen LogP contribution in [0.3, 0.4) is 0 Å². The van der Waals surface area contributed by atoms with Crippen molar-refractivity contribution in [2.24, 2.45) is 0 Å². The van der Waals surface area contributed by atoms with E-state index in [9.17, 15) is 4.39 Å². The van der Waals surface area contributed by atoms with Crippen molar-refractivity contribution in [3.8, 4) is 0 Å². The van der Waals surface area contributed by atoms with E-state index in [1.165, 1.54) is 17.8 Å². The van der Waals surface area contributed by atoms with E-state index < -0.39 is 0 Å². The van der Waals surface area contributed by atoms with Crippen LogP contribution in [-0.2, 0) is 6.42 Å². The van der Waals surface area contributed by atoms with Gasteiger partial charge in [-0.3, -0.25) is 0 Å². The van der Waals surface area contributed by atoms with Crippen molar-refractivity contribution in [1.82, 2.24) is 9.72 Å². The summed E-state index contributed by atoms with van der Waals surface area (Å²) in [6, 6.07) is 5.85. The second-order valence-corrected chi connectivity index (χ2v) is 4.14. The van der Waals surface area contributed by atoms with Crippen molar-refractivity contribution in [3.63, 3.8) is 0 Å². The van der Waals surface area contributed by atoms with Crippen LogP contribution >= 0.6 is 0 Å². The van der Waals surface area contributed by atoms with Crippen molar-refractivity contribution in [2.45, 2.75) is 26.3 Å². The number of hydrogen-bond donors (Lipinski definition) is 1. The van der Waals surface area contributed by atoms with Crippen molar-refractivity contribution in [2.75, 3.05) is 6.54 Å². The van der Waals surface area contributed by atoms with Gasteiger partial charge in [0.1, 0.15) is 5.82 Å². The highest BCUT2D eigenvalue weighted by molar-refractivity contribution is 5.55. The van der Waals surface area contributed by atoms with E-state index in [2.05, 4.69) is 25.2 Å². The number of nitrogens with zero attached hydrogens (tertiary/aromatic N) is 1. The molecule has 3 heteroatoms. The zero-order chi connectivity index (χ0) is 11.5. The Morgan fingerprint density at radius 3 is 2.94 bits per heavy atom. The summed E-state index contributed by atoms with van der Waals surface area (Å²) in [6.07, 6.45) is 4.39. The normalized spacial score (nSPS) is 13.2. The first-order valence-corrected chi connectivity index (χ1v) is 5.69. The lowest BCUT2D eigenvalue weighted by Gasteiger charge is -2.11. The van der Waals surface area contributed by atoms with E-state index in [-0.39, 0.29) is 5.82 Å². The van der Waals surface area contributed by atoms with Crippen LogP contribution in [0.5, 0.6) is 0 Å². The van der Waals surface area contributed by atoms with E-state index in [1.54, 1.807) is 0 Å². The molecule has 0 spiro atoms. The Kier molecular flexibility index (Phi) is 3.25. The van der Waals surface area contributed by atoms with Crippen molar-refractivity contribution < 1.29 is 4.39 Å². The van der Waals surface area contributed by atoms with E-state index in [4.69, 9.17) is 0 Å². The van der Waals surface area contributed by atoms with Gasteiger partial charge in [-0.15, -0.1) is 0 Å². The molecule has 2 aromatic rings. The van der Waals surface area contributed by atoms with E-state index in [0.29, 0.717) is 6.04 Å². The Morgan fingerprint density at radius 2 is 2.19 bits per heavy atom. The Morgan fingerprint density at radius 1 is 1.38 bits per heavy atom. The van der Waals surface area contributed by atoms with Gasteiger partial charge >= 0.3 is 0 Å². The highest BCUT2D eigenvalue weighted by Gasteiger charge is 2.07. The summed E-state index contributed by atoms with van der Waals surface area (Å²) in [4.78, 5) is 0. The second-order valence-electron chi connectivity index (χ2n) is 4.14. The molecular weight excluding hydrogens is 203 g/mol. The molecule has 2 aromatic heterocycles. The van der Waals surface area contributed by atoms with Crippen molar-refractivity contribution in [3.05, 3.63) is 42.0 Å². The van der Waals surface area contributed by atoms with Gasteiger partial charge in [-0.1, -0.05) is 6.92 Å². The second kappa shape index (κ2) is 4.66. The molecule has 0 aromatic carbocycles. The van der Waals surface area contributed by atoms with Gasteiger partial charge in [-0.05, 0) is 43.7 Å². The van der Waals surface area contributed by atoms with Gasteiger partial charge in [0.2, 0.25) is 0 Å². The number of hydrogen-bond acceptors (Lipinski definition) is 1. The minimum absolute atomic E-state index is 0.200. The van der Waals surface area contributed by atoms with Gasteiger partial charge in [-0.2, -0.15) is 0 Å². The zero-order valence-electron chi connectivity index (χ0n) is 9.70. The van der Waals surface area contributed by atoms with E-state index in [0.717, 1.165) is 18.5 Å². The van der Waals surface area contributed by atoms with Crippen LogP contribution < -0.4 is 5.32 Å². The molecule has 0 fully saturated rings. The lowest BCUT2D eigenvalue weighted by molar-refractivity contribution is 0.567. The van der Waals surface area contributed by atoms with Crippen LogP contribution in [-0.4, -0.2) is 17.0 Å². The third-order valence-electron chi connectivity index (χ3n) is 2.79. The standard InChI is InChI=1S/C13H17FN2/c1-3-15-10(2)8-11-6-7-16-9-12(14)4-5-13(11)16/h4-7,9-10,15H,3,8H2,1-2H3. The molecule has 2 rings (SSSR count). The molecule has 1 unspecified atom stereocenters. The maximum atomic E-state index is 13.0. The molecule has 1 N–H and O–H groups in total.